The molecule has 0 radical (unpaired) electrons. The molecule has 166 valence electrons. The fourth-order valence-electron chi connectivity index (χ4n) is 2.46. The van der Waals surface area contributed by atoms with Gasteiger partial charge in [-0.3, -0.25) is 4.79 Å². The number of carbonyl (C=O) groups excluding carboxylic acids is 1. The minimum absolute atomic E-state index is 0. The van der Waals surface area contributed by atoms with Gasteiger partial charge < -0.3 is 25.8 Å². The van der Waals surface area contributed by atoms with Gasteiger partial charge in [0, 0.05) is 24.8 Å². The highest BCUT2D eigenvalue weighted by Gasteiger charge is 2.18. The van der Waals surface area contributed by atoms with Crippen LogP contribution in [0.4, 0.5) is 13.2 Å². The van der Waals surface area contributed by atoms with Crippen molar-refractivity contribution in [2.45, 2.75) is 38.4 Å². The van der Waals surface area contributed by atoms with Crippen molar-refractivity contribution in [3.05, 3.63) is 41.0 Å². The van der Waals surface area contributed by atoms with Crippen LogP contribution in [0.1, 0.15) is 36.7 Å². The third-order valence-corrected chi connectivity index (χ3v) is 3.93. The van der Waals surface area contributed by atoms with Gasteiger partial charge in [0.2, 0.25) is 5.91 Å². The highest BCUT2D eigenvalue weighted by molar-refractivity contribution is 6.32. The molecule has 1 heterocycles. The molecule has 10 nitrogen and oxygen atoms in total. The van der Waals surface area contributed by atoms with Gasteiger partial charge in [0.25, 0.3) is 0 Å². The molecule has 0 saturated heterocycles. The predicted octanol–water partition coefficient (Wildman–Crippen LogP) is -0.0152. The largest absolute Gasteiger partial charge is 0.633 e. The van der Waals surface area contributed by atoms with Crippen LogP contribution in [0.15, 0.2) is 12.1 Å². The van der Waals surface area contributed by atoms with E-state index in [2.05, 4.69) is 25.5 Å². The quantitative estimate of drug-likeness (QED) is 0.211. The number of nitrogens with one attached hydrogen (secondary N) is 1. The number of nitrogens with zero attached hydrogens (tertiary/aromatic N) is 4. The maximum Gasteiger partial charge on any atom is 0.633 e. The van der Waals surface area contributed by atoms with E-state index in [9.17, 15) is 18.0 Å². The van der Waals surface area contributed by atoms with Crippen molar-refractivity contribution in [1.29, 1.82) is 0 Å². The Hall–Kier alpha value is -2.26. The third-order valence-electron chi connectivity index (χ3n) is 3.93. The van der Waals surface area contributed by atoms with Gasteiger partial charge in [-0.25, -0.2) is 17.9 Å². The number of nitrogens with two attached hydrogens (primary N) is 1. The molecule has 30 heavy (non-hydrogen) atoms. The van der Waals surface area contributed by atoms with Crippen LogP contribution in [0.3, 0.4) is 0 Å². The lowest BCUT2D eigenvalue weighted by Crippen LogP contribution is -2.30. The summed E-state index contributed by atoms with van der Waals surface area (Å²) in [5.74, 6) is -3.85. The molecule has 1 amide bonds. The first-order valence-corrected chi connectivity index (χ1v) is 8.67. The number of benzene rings is 1. The molecule has 0 aliphatic heterocycles. The summed E-state index contributed by atoms with van der Waals surface area (Å²) >= 11 is 0. The average Bonchev–Trinajstić information content (AvgIpc) is 3.11. The summed E-state index contributed by atoms with van der Waals surface area (Å²) < 4.78 is 45.5. The molecule has 1 aromatic heterocycles. The van der Waals surface area contributed by atoms with Gasteiger partial charge in [-0.2, -0.15) is 0 Å². The number of unbranched alkanes of at least 4 members (excludes halogenated alkanes) is 1. The van der Waals surface area contributed by atoms with Crippen molar-refractivity contribution < 1.29 is 32.7 Å². The zero-order chi connectivity index (χ0) is 21.4. The molecule has 1 unspecified atom stereocenters. The number of hydrogen-bond donors (Lipinski definition) is 4. The molecule has 2 rings (SSSR count). The molecule has 0 fully saturated rings. The lowest BCUT2D eigenvalue weighted by molar-refractivity contribution is -0.122. The molecular formula is C15H21BClF3N6O4. The van der Waals surface area contributed by atoms with Gasteiger partial charge in [-0.05, 0) is 35.8 Å². The Bertz CT molecular complexity index is 832. The first-order valence-electron chi connectivity index (χ1n) is 8.67. The first-order chi connectivity index (χ1) is 13.8. The smallest absolute Gasteiger partial charge is 0.402 e. The van der Waals surface area contributed by atoms with Crippen LogP contribution < -0.4 is 11.1 Å². The van der Waals surface area contributed by atoms with E-state index >= 15 is 0 Å². The Morgan fingerprint density at radius 2 is 1.93 bits per heavy atom. The van der Waals surface area contributed by atoms with E-state index in [4.69, 9.17) is 15.8 Å². The van der Waals surface area contributed by atoms with Crippen LogP contribution in [0, 0.1) is 17.5 Å². The van der Waals surface area contributed by atoms with E-state index in [1.807, 2.05) is 0 Å². The molecule has 15 heteroatoms. The third kappa shape index (κ3) is 7.87. The van der Waals surface area contributed by atoms with Crippen molar-refractivity contribution in [3.63, 3.8) is 0 Å². The predicted molar refractivity (Wildman–Crippen MR) is 100 cm³/mol. The van der Waals surface area contributed by atoms with Gasteiger partial charge >= 0.3 is 7.32 Å². The minimum atomic E-state index is -1.82. The summed E-state index contributed by atoms with van der Waals surface area (Å²) in [5.41, 5.74) is 5.80. The molecule has 2 aromatic rings. The standard InChI is InChI=1S/C15H20BF3N6O4.ClH/c17-10-6-12(19)11(18)5-9(10)7-21-14(26)8-25-15(22-23-24-25)13(20)3-1-2-4-29-16(27)28;/h5-6,13,27-28H,1-4,7-8,20H2,(H,21,26);1H. The molecule has 0 aliphatic carbocycles. The van der Waals surface area contributed by atoms with Crippen molar-refractivity contribution >= 4 is 25.6 Å². The highest BCUT2D eigenvalue weighted by atomic mass is 35.5. The average molecular weight is 453 g/mol. The van der Waals surface area contributed by atoms with Crippen LogP contribution >= 0.6 is 12.4 Å². The summed E-state index contributed by atoms with van der Waals surface area (Å²) in [5, 5.41) is 30.5. The number of hydrogen-bond acceptors (Lipinski definition) is 8. The van der Waals surface area contributed by atoms with Crippen molar-refractivity contribution in [3.8, 4) is 0 Å². The number of amides is 1. The number of rotatable bonds is 11. The van der Waals surface area contributed by atoms with E-state index < -0.39 is 36.7 Å². The van der Waals surface area contributed by atoms with Crippen LogP contribution in [0.5, 0.6) is 0 Å². The van der Waals surface area contributed by atoms with E-state index in [1.165, 1.54) is 4.68 Å². The number of tetrazole rings is 1. The Kier molecular flexibility index (Phi) is 10.7. The molecule has 0 bridgehead atoms. The molecule has 5 N–H and O–H groups in total. The normalized spacial score (nSPS) is 11.7. The van der Waals surface area contributed by atoms with Gasteiger partial charge in [-0.15, -0.1) is 17.5 Å². The lowest BCUT2D eigenvalue weighted by atomic mass is 10.1. The maximum atomic E-state index is 13.6. The topological polar surface area (TPSA) is 148 Å². The van der Waals surface area contributed by atoms with E-state index in [-0.39, 0.29) is 43.5 Å². The molecule has 0 spiro atoms. The molecule has 1 atom stereocenters. The molecule has 0 saturated carbocycles. The number of halogens is 4. The van der Waals surface area contributed by atoms with Crippen LogP contribution in [0.25, 0.3) is 0 Å². The highest BCUT2D eigenvalue weighted by Crippen LogP contribution is 2.15. The number of aromatic nitrogens is 4. The summed E-state index contributed by atoms with van der Waals surface area (Å²) in [7, 11) is -1.82. The summed E-state index contributed by atoms with van der Waals surface area (Å²) in [6.45, 7) is -0.512. The minimum Gasteiger partial charge on any atom is -0.402 e. The fourth-order valence-corrected chi connectivity index (χ4v) is 2.46. The monoisotopic (exact) mass is 452 g/mol. The molecular weight excluding hydrogens is 431 g/mol. The fraction of sp³-hybridized carbons (Fsp3) is 0.467. The van der Waals surface area contributed by atoms with Gasteiger partial charge in [-0.1, -0.05) is 0 Å². The Labute approximate surface area is 176 Å². The molecule has 1 aromatic carbocycles. The second kappa shape index (κ2) is 12.4. The second-order valence-electron chi connectivity index (χ2n) is 6.13. The first kappa shape index (κ1) is 25.8. The van der Waals surface area contributed by atoms with Crippen molar-refractivity contribution in [2.75, 3.05) is 6.61 Å². The number of carbonyl (C=O) groups is 1. The van der Waals surface area contributed by atoms with Gasteiger partial charge in [0.1, 0.15) is 12.4 Å². The Morgan fingerprint density at radius 1 is 1.23 bits per heavy atom. The van der Waals surface area contributed by atoms with Crippen molar-refractivity contribution in [1.82, 2.24) is 25.5 Å². The lowest BCUT2D eigenvalue weighted by Gasteiger charge is -2.12. The SMILES string of the molecule is Cl.NC(CCCCOB(O)O)c1nnnn1CC(=O)NCc1cc(F)c(F)cc1F. The van der Waals surface area contributed by atoms with Gasteiger partial charge in [0.15, 0.2) is 17.5 Å². The van der Waals surface area contributed by atoms with E-state index in [0.717, 1.165) is 0 Å². The maximum absolute atomic E-state index is 13.6. The summed E-state index contributed by atoms with van der Waals surface area (Å²) in [6.07, 6.45) is 1.56. The van der Waals surface area contributed by atoms with Crippen molar-refractivity contribution in [2.24, 2.45) is 5.73 Å². The van der Waals surface area contributed by atoms with Crippen LogP contribution in [0.2, 0.25) is 0 Å². The van der Waals surface area contributed by atoms with E-state index in [0.29, 0.717) is 31.4 Å². The van der Waals surface area contributed by atoms with Crippen LogP contribution in [-0.2, 0) is 22.5 Å². The van der Waals surface area contributed by atoms with Crippen LogP contribution in [-0.4, -0.2) is 50.1 Å². The zero-order valence-corrected chi connectivity index (χ0v) is 16.5. The van der Waals surface area contributed by atoms with Gasteiger partial charge in [0.05, 0.1) is 6.04 Å². The molecule has 0 aliphatic rings. The Morgan fingerprint density at radius 3 is 2.63 bits per heavy atom. The second-order valence-corrected chi connectivity index (χ2v) is 6.13. The summed E-state index contributed by atoms with van der Waals surface area (Å²) in [4.78, 5) is 12.1. The Balaban J connectivity index is 0.00000450. The van der Waals surface area contributed by atoms with E-state index in [1.54, 1.807) is 0 Å². The summed E-state index contributed by atoms with van der Waals surface area (Å²) in [6, 6.07) is 0.491. The zero-order valence-electron chi connectivity index (χ0n) is 15.7.